The van der Waals surface area contributed by atoms with Gasteiger partial charge in [-0.25, -0.2) is 9.78 Å². The Bertz CT molecular complexity index is 1730. The fraction of sp³-hybridized carbons (Fsp3) is 0.0714. The van der Waals surface area contributed by atoms with Gasteiger partial charge in [-0.3, -0.25) is 14.8 Å². The van der Waals surface area contributed by atoms with Crippen molar-refractivity contribution in [1.82, 2.24) is 19.9 Å². The molecule has 194 valence electrons. The molecular weight excluding hydrogens is 500 g/mol. The quantitative estimate of drug-likeness (QED) is 0.268. The van der Waals surface area contributed by atoms with Crippen LogP contribution in [0.25, 0.3) is 33.2 Å². The summed E-state index contributed by atoms with van der Waals surface area (Å²) < 4.78 is 10.5. The number of hydrogen-bond acceptors (Lipinski definition) is 9. The largest absolute Gasteiger partial charge is 0.480 e. The van der Waals surface area contributed by atoms with E-state index in [4.69, 9.17) is 15.2 Å². The highest BCUT2D eigenvalue weighted by atomic mass is 16.5. The van der Waals surface area contributed by atoms with Gasteiger partial charge < -0.3 is 25.6 Å². The highest BCUT2D eigenvalue weighted by Crippen LogP contribution is 2.35. The third-order valence-electron chi connectivity index (χ3n) is 6.02. The van der Waals surface area contributed by atoms with Gasteiger partial charge in [-0.15, -0.1) is 0 Å². The van der Waals surface area contributed by atoms with E-state index in [-0.39, 0.29) is 17.1 Å². The van der Waals surface area contributed by atoms with Crippen molar-refractivity contribution >= 4 is 34.2 Å². The summed E-state index contributed by atoms with van der Waals surface area (Å²) >= 11 is 0. The highest BCUT2D eigenvalue weighted by Gasteiger charge is 2.18. The van der Waals surface area contributed by atoms with Crippen LogP contribution >= 0.6 is 0 Å². The Morgan fingerprint density at radius 1 is 0.897 bits per heavy atom. The number of carbonyl (C=O) groups is 2. The monoisotopic (exact) mass is 522 g/mol. The lowest BCUT2D eigenvalue weighted by molar-refractivity contribution is 0.0696. The van der Waals surface area contributed by atoms with Gasteiger partial charge in [-0.1, -0.05) is 12.1 Å². The van der Waals surface area contributed by atoms with E-state index in [1.165, 1.54) is 26.5 Å². The van der Waals surface area contributed by atoms with Gasteiger partial charge in [-0.2, -0.15) is 4.98 Å². The molecule has 0 spiro atoms. The van der Waals surface area contributed by atoms with Crippen LogP contribution in [0.4, 0.5) is 11.4 Å². The summed E-state index contributed by atoms with van der Waals surface area (Å²) in [5.41, 5.74) is 10.1. The number of nitrogens with zero attached hydrogens (tertiary/aromatic N) is 4. The maximum Gasteiger partial charge on any atom is 0.335 e. The predicted molar refractivity (Wildman–Crippen MR) is 144 cm³/mol. The van der Waals surface area contributed by atoms with Crippen LogP contribution in [0.5, 0.6) is 11.9 Å². The number of carbonyl (C=O) groups excluding carboxylic acids is 1. The summed E-state index contributed by atoms with van der Waals surface area (Å²) in [7, 11) is 2.96. The van der Waals surface area contributed by atoms with E-state index >= 15 is 0 Å². The lowest BCUT2D eigenvalue weighted by Gasteiger charge is -2.16. The molecule has 3 heterocycles. The lowest BCUT2D eigenvalue weighted by atomic mass is 10.0. The number of benzene rings is 2. The highest BCUT2D eigenvalue weighted by molar-refractivity contribution is 6.08. The van der Waals surface area contributed by atoms with Gasteiger partial charge in [0.15, 0.2) is 0 Å². The molecule has 0 atom stereocenters. The zero-order chi connectivity index (χ0) is 27.5. The average Bonchev–Trinajstić information content (AvgIpc) is 2.96. The average molecular weight is 523 g/mol. The van der Waals surface area contributed by atoms with Crippen molar-refractivity contribution in [2.45, 2.75) is 0 Å². The van der Waals surface area contributed by atoms with Gasteiger partial charge >= 0.3 is 12.0 Å². The molecule has 0 aliphatic carbocycles. The van der Waals surface area contributed by atoms with E-state index in [1.807, 2.05) is 6.07 Å². The minimum Gasteiger partial charge on any atom is -0.480 e. The number of aromatic nitrogens is 4. The Labute approximate surface area is 222 Å². The van der Waals surface area contributed by atoms with Crippen LogP contribution in [0, 0.1) is 0 Å². The smallest absolute Gasteiger partial charge is 0.335 e. The molecular formula is C28H22N6O5. The summed E-state index contributed by atoms with van der Waals surface area (Å²) in [6.07, 6.45) is 6.21. The van der Waals surface area contributed by atoms with Gasteiger partial charge in [0.2, 0.25) is 5.88 Å². The first kappa shape index (κ1) is 25.1. The Morgan fingerprint density at radius 2 is 1.69 bits per heavy atom. The number of aromatic carboxylic acids is 1. The predicted octanol–water partition coefficient (Wildman–Crippen LogP) is 4.31. The lowest BCUT2D eigenvalue weighted by Crippen LogP contribution is -2.14. The van der Waals surface area contributed by atoms with Crippen molar-refractivity contribution in [3.63, 3.8) is 0 Å². The standard InChI is InChI=1S/C28H22N6O5/c1-38-26-21(13-32-28(34-26)39-2)16-3-4-20-23(12-16)31-14-22(25(29)35)24(20)33-19-10-17(9-18(11-19)27(36)37)15-5-7-30-8-6-15/h3-14H,1-2H3,(H2,29,35)(H,31,33)(H,36,37). The molecule has 11 nitrogen and oxygen atoms in total. The van der Waals surface area contributed by atoms with Crippen molar-refractivity contribution in [3.05, 3.63) is 84.4 Å². The normalized spacial score (nSPS) is 10.7. The van der Waals surface area contributed by atoms with Gasteiger partial charge in [0, 0.05) is 35.9 Å². The number of methoxy groups -OCH3 is 2. The van der Waals surface area contributed by atoms with E-state index in [9.17, 15) is 14.7 Å². The first-order chi connectivity index (χ1) is 18.9. The molecule has 0 unspecified atom stereocenters. The van der Waals surface area contributed by atoms with Crippen LogP contribution in [0.2, 0.25) is 0 Å². The number of rotatable bonds is 8. The molecule has 11 heteroatoms. The van der Waals surface area contributed by atoms with Crippen molar-refractivity contribution in [2.75, 3.05) is 19.5 Å². The summed E-state index contributed by atoms with van der Waals surface area (Å²) in [5, 5.41) is 13.5. The molecule has 5 aromatic rings. The minimum atomic E-state index is -1.09. The fourth-order valence-corrected chi connectivity index (χ4v) is 4.16. The van der Waals surface area contributed by atoms with Crippen molar-refractivity contribution in [2.24, 2.45) is 5.73 Å². The van der Waals surface area contributed by atoms with Crippen LogP contribution in [-0.2, 0) is 0 Å². The van der Waals surface area contributed by atoms with E-state index in [2.05, 4.69) is 25.3 Å². The Balaban J connectivity index is 1.63. The molecule has 39 heavy (non-hydrogen) atoms. The molecule has 0 aliphatic heterocycles. The van der Waals surface area contributed by atoms with Crippen LogP contribution < -0.4 is 20.5 Å². The summed E-state index contributed by atoms with van der Waals surface area (Å²) in [4.78, 5) is 41.1. The Morgan fingerprint density at radius 3 is 2.38 bits per heavy atom. The Hall–Kier alpha value is -5.58. The van der Waals surface area contributed by atoms with Gasteiger partial charge in [-0.05, 0) is 53.1 Å². The first-order valence-electron chi connectivity index (χ1n) is 11.6. The van der Waals surface area contributed by atoms with Crippen molar-refractivity contribution in [1.29, 1.82) is 0 Å². The molecule has 0 saturated carbocycles. The van der Waals surface area contributed by atoms with Crippen molar-refractivity contribution in [3.8, 4) is 34.1 Å². The summed E-state index contributed by atoms with van der Waals surface area (Å²) in [5.74, 6) is -1.46. The fourth-order valence-electron chi connectivity index (χ4n) is 4.16. The maximum absolute atomic E-state index is 12.3. The third-order valence-corrected chi connectivity index (χ3v) is 6.02. The molecule has 2 aromatic carbocycles. The second-order valence-electron chi connectivity index (χ2n) is 8.39. The first-order valence-corrected chi connectivity index (χ1v) is 11.6. The number of carboxylic acid groups (broad SMARTS) is 1. The number of nitrogens with two attached hydrogens (primary N) is 1. The van der Waals surface area contributed by atoms with E-state index in [1.54, 1.807) is 55.0 Å². The Kier molecular flexibility index (Phi) is 6.70. The molecule has 1 amide bonds. The van der Waals surface area contributed by atoms with Crippen LogP contribution in [0.1, 0.15) is 20.7 Å². The van der Waals surface area contributed by atoms with Gasteiger partial charge in [0.1, 0.15) is 0 Å². The van der Waals surface area contributed by atoms with E-state index in [0.717, 1.165) is 11.1 Å². The number of anilines is 2. The van der Waals surface area contributed by atoms with Gasteiger partial charge in [0.25, 0.3) is 5.91 Å². The molecule has 3 aromatic heterocycles. The molecule has 0 bridgehead atoms. The summed E-state index contributed by atoms with van der Waals surface area (Å²) in [6.45, 7) is 0. The van der Waals surface area contributed by atoms with Gasteiger partial charge in [0.05, 0.1) is 42.1 Å². The molecule has 4 N–H and O–H groups in total. The number of nitrogens with one attached hydrogen (secondary N) is 1. The second kappa shape index (κ2) is 10.4. The topological polar surface area (TPSA) is 162 Å². The number of pyridine rings is 2. The minimum absolute atomic E-state index is 0.0692. The van der Waals surface area contributed by atoms with E-state index < -0.39 is 11.9 Å². The number of amides is 1. The second-order valence-corrected chi connectivity index (χ2v) is 8.39. The molecule has 5 rings (SSSR count). The molecule has 0 saturated heterocycles. The molecule has 0 radical (unpaired) electrons. The SMILES string of the molecule is COc1ncc(-c2ccc3c(Nc4cc(C(=O)O)cc(-c5ccncc5)c4)c(C(N)=O)cnc3c2)c(OC)n1. The third kappa shape index (κ3) is 5.01. The number of carboxylic acids is 1. The maximum atomic E-state index is 12.3. The van der Waals surface area contributed by atoms with Crippen LogP contribution in [0.15, 0.2) is 73.3 Å². The number of fused-ring (bicyclic) bond motifs is 1. The number of hydrogen-bond donors (Lipinski definition) is 3. The molecule has 0 aliphatic rings. The van der Waals surface area contributed by atoms with Crippen LogP contribution in [-0.4, -0.2) is 51.1 Å². The summed E-state index contributed by atoms with van der Waals surface area (Å²) in [6, 6.07) is 13.9. The zero-order valence-corrected chi connectivity index (χ0v) is 20.9. The van der Waals surface area contributed by atoms with Crippen LogP contribution in [0.3, 0.4) is 0 Å². The zero-order valence-electron chi connectivity index (χ0n) is 20.9. The number of ether oxygens (including phenoxy) is 2. The van der Waals surface area contributed by atoms with E-state index in [0.29, 0.717) is 39.3 Å². The molecule has 0 fully saturated rings. The number of primary amides is 1. The van der Waals surface area contributed by atoms with Crippen molar-refractivity contribution < 1.29 is 24.2 Å².